The Bertz CT molecular complexity index is 551. The highest BCUT2D eigenvalue weighted by molar-refractivity contribution is 6.30. The molecule has 5 heteroatoms. The van der Waals surface area contributed by atoms with Crippen molar-refractivity contribution in [3.8, 4) is 0 Å². The van der Waals surface area contributed by atoms with Gasteiger partial charge < -0.3 is 9.26 Å². The van der Waals surface area contributed by atoms with Gasteiger partial charge in [0.1, 0.15) is 5.76 Å². The number of rotatable bonds is 4. The van der Waals surface area contributed by atoms with Crippen molar-refractivity contribution in [1.29, 1.82) is 0 Å². The fourth-order valence-electron chi connectivity index (χ4n) is 1.55. The van der Waals surface area contributed by atoms with Crippen molar-refractivity contribution in [2.45, 2.75) is 13.3 Å². The van der Waals surface area contributed by atoms with Gasteiger partial charge in [-0.1, -0.05) is 28.9 Å². The molecular weight excluding hydrogens is 254 g/mol. The third-order valence-corrected chi connectivity index (χ3v) is 2.55. The van der Waals surface area contributed by atoms with E-state index < -0.39 is 5.97 Å². The zero-order valence-electron chi connectivity index (χ0n) is 9.85. The van der Waals surface area contributed by atoms with E-state index in [0.29, 0.717) is 23.8 Å². The number of nitrogens with zero attached hydrogens (tertiary/aromatic N) is 1. The van der Waals surface area contributed by atoms with Gasteiger partial charge in [0, 0.05) is 17.5 Å². The summed E-state index contributed by atoms with van der Waals surface area (Å²) >= 11 is 5.89. The molecule has 1 heterocycles. The van der Waals surface area contributed by atoms with Crippen LogP contribution < -0.4 is 0 Å². The summed E-state index contributed by atoms with van der Waals surface area (Å²) < 4.78 is 9.91. The van der Waals surface area contributed by atoms with Gasteiger partial charge in [0.05, 0.1) is 6.61 Å². The predicted octanol–water partition coefficient (Wildman–Crippen LogP) is 3.10. The van der Waals surface area contributed by atoms with Crippen molar-refractivity contribution in [2.24, 2.45) is 0 Å². The SMILES string of the molecule is CCOC(=O)c1cc(Cc2cccc(Cl)c2)on1. The zero-order chi connectivity index (χ0) is 13.0. The van der Waals surface area contributed by atoms with E-state index in [2.05, 4.69) is 5.16 Å². The number of esters is 1. The molecule has 0 aliphatic heterocycles. The summed E-state index contributed by atoms with van der Waals surface area (Å²) in [6, 6.07) is 9.02. The Morgan fingerprint density at radius 3 is 3.00 bits per heavy atom. The number of benzene rings is 1. The monoisotopic (exact) mass is 265 g/mol. The maximum atomic E-state index is 11.4. The second kappa shape index (κ2) is 5.69. The maximum Gasteiger partial charge on any atom is 0.360 e. The molecule has 0 spiro atoms. The lowest BCUT2D eigenvalue weighted by Crippen LogP contribution is -2.04. The summed E-state index contributed by atoms with van der Waals surface area (Å²) in [6.07, 6.45) is 0.535. The molecule has 0 radical (unpaired) electrons. The van der Waals surface area contributed by atoms with Crippen molar-refractivity contribution in [2.75, 3.05) is 6.61 Å². The van der Waals surface area contributed by atoms with Gasteiger partial charge in [-0.05, 0) is 24.6 Å². The molecule has 0 aliphatic rings. The minimum Gasteiger partial charge on any atom is -0.461 e. The number of aromatic nitrogens is 1. The van der Waals surface area contributed by atoms with Crippen LogP contribution in [0, 0.1) is 0 Å². The Morgan fingerprint density at radius 1 is 1.44 bits per heavy atom. The van der Waals surface area contributed by atoms with Gasteiger partial charge in [0.2, 0.25) is 0 Å². The number of carbonyl (C=O) groups is 1. The molecule has 0 atom stereocenters. The number of hydrogen-bond donors (Lipinski definition) is 0. The Labute approximate surface area is 109 Å². The molecule has 18 heavy (non-hydrogen) atoms. The molecule has 1 aromatic heterocycles. The molecule has 0 saturated carbocycles. The third kappa shape index (κ3) is 3.11. The summed E-state index contributed by atoms with van der Waals surface area (Å²) in [4.78, 5) is 11.4. The fraction of sp³-hybridized carbons (Fsp3) is 0.231. The van der Waals surface area contributed by atoms with Crippen LogP contribution in [0.1, 0.15) is 28.7 Å². The highest BCUT2D eigenvalue weighted by Crippen LogP contribution is 2.15. The quantitative estimate of drug-likeness (QED) is 0.797. The highest BCUT2D eigenvalue weighted by Gasteiger charge is 2.13. The first kappa shape index (κ1) is 12.6. The average molecular weight is 266 g/mol. The van der Waals surface area contributed by atoms with E-state index >= 15 is 0 Å². The lowest BCUT2D eigenvalue weighted by atomic mass is 10.1. The molecule has 2 rings (SSSR count). The predicted molar refractivity (Wildman–Crippen MR) is 66.7 cm³/mol. The summed E-state index contributed by atoms with van der Waals surface area (Å²) in [5.41, 5.74) is 1.18. The van der Waals surface area contributed by atoms with Crippen molar-refractivity contribution in [3.05, 3.63) is 52.4 Å². The van der Waals surface area contributed by atoms with Crippen molar-refractivity contribution in [3.63, 3.8) is 0 Å². The van der Waals surface area contributed by atoms with Gasteiger partial charge >= 0.3 is 5.97 Å². The third-order valence-electron chi connectivity index (χ3n) is 2.31. The standard InChI is InChI=1S/C13H12ClNO3/c1-2-17-13(16)12-8-11(18-15-12)7-9-4-3-5-10(14)6-9/h3-6,8H,2,7H2,1H3. The minimum atomic E-state index is -0.474. The molecular formula is C13H12ClNO3. The average Bonchev–Trinajstić information content (AvgIpc) is 2.78. The van der Waals surface area contributed by atoms with E-state index in [0.717, 1.165) is 5.56 Å². The van der Waals surface area contributed by atoms with E-state index in [9.17, 15) is 4.79 Å². The molecule has 0 saturated heterocycles. The van der Waals surface area contributed by atoms with E-state index in [4.69, 9.17) is 20.9 Å². The Kier molecular flexibility index (Phi) is 3.99. The molecule has 0 fully saturated rings. The zero-order valence-corrected chi connectivity index (χ0v) is 10.6. The Balaban J connectivity index is 2.09. The smallest absolute Gasteiger partial charge is 0.360 e. The summed E-state index contributed by atoms with van der Waals surface area (Å²) in [6.45, 7) is 2.06. The van der Waals surface area contributed by atoms with Crippen LogP contribution in [0.3, 0.4) is 0 Å². The minimum absolute atomic E-state index is 0.189. The van der Waals surface area contributed by atoms with Crippen LogP contribution >= 0.6 is 11.6 Å². The van der Waals surface area contributed by atoms with Crippen LogP contribution in [-0.4, -0.2) is 17.7 Å². The summed E-state index contributed by atoms with van der Waals surface area (Å²) in [5.74, 6) is 0.124. The molecule has 0 unspecified atom stereocenters. The van der Waals surface area contributed by atoms with Crippen molar-refractivity contribution < 1.29 is 14.1 Å². The van der Waals surface area contributed by atoms with Gasteiger partial charge in [0.15, 0.2) is 5.69 Å². The second-order valence-corrected chi connectivity index (χ2v) is 4.14. The van der Waals surface area contributed by atoms with Crippen LogP contribution in [0.5, 0.6) is 0 Å². The van der Waals surface area contributed by atoms with E-state index in [-0.39, 0.29) is 5.69 Å². The van der Waals surface area contributed by atoms with Gasteiger partial charge in [0.25, 0.3) is 0 Å². The van der Waals surface area contributed by atoms with Crippen LogP contribution in [0.25, 0.3) is 0 Å². The van der Waals surface area contributed by atoms with Crippen LogP contribution in [0.15, 0.2) is 34.9 Å². The fourth-order valence-corrected chi connectivity index (χ4v) is 1.76. The largest absolute Gasteiger partial charge is 0.461 e. The number of hydrogen-bond acceptors (Lipinski definition) is 4. The van der Waals surface area contributed by atoms with E-state index in [1.165, 1.54) is 0 Å². The van der Waals surface area contributed by atoms with Crippen LogP contribution in [-0.2, 0) is 11.2 Å². The van der Waals surface area contributed by atoms with E-state index in [1.54, 1.807) is 19.1 Å². The van der Waals surface area contributed by atoms with Gasteiger partial charge in [-0.15, -0.1) is 0 Å². The van der Waals surface area contributed by atoms with Crippen LogP contribution in [0.4, 0.5) is 0 Å². The lowest BCUT2D eigenvalue weighted by molar-refractivity contribution is 0.0514. The Morgan fingerprint density at radius 2 is 2.28 bits per heavy atom. The molecule has 94 valence electrons. The highest BCUT2D eigenvalue weighted by atomic mass is 35.5. The first-order valence-electron chi connectivity index (χ1n) is 5.56. The molecule has 1 aromatic carbocycles. The molecule has 0 bridgehead atoms. The normalized spacial score (nSPS) is 10.3. The van der Waals surface area contributed by atoms with E-state index in [1.807, 2.05) is 18.2 Å². The van der Waals surface area contributed by atoms with Gasteiger partial charge in [-0.25, -0.2) is 4.79 Å². The first-order chi connectivity index (χ1) is 8.69. The van der Waals surface area contributed by atoms with Crippen LogP contribution in [0.2, 0.25) is 5.02 Å². The molecule has 0 aliphatic carbocycles. The van der Waals surface area contributed by atoms with Crippen molar-refractivity contribution in [1.82, 2.24) is 5.16 Å². The van der Waals surface area contributed by atoms with Gasteiger partial charge in [-0.2, -0.15) is 0 Å². The summed E-state index contributed by atoms with van der Waals surface area (Å²) in [5, 5.41) is 4.34. The second-order valence-electron chi connectivity index (χ2n) is 3.71. The lowest BCUT2D eigenvalue weighted by Gasteiger charge is -1.97. The maximum absolute atomic E-state index is 11.4. The molecule has 0 amide bonds. The number of ether oxygens (including phenoxy) is 1. The molecule has 2 aromatic rings. The number of carbonyl (C=O) groups excluding carboxylic acids is 1. The Hall–Kier alpha value is -1.81. The summed E-state index contributed by atoms with van der Waals surface area (Å²) in [7, 11) is 0. The number of halogens is 1. The molecule has 0 N–H and O–H groups in total. The first-order valence-corrected chi connectivity index (χ1v) is 5.94. The molecule has 4 nitrogen and oxygen atoms in total. The van der Waals surface area contributed by atoms with Crippen molar-refractivity contribution >= 4 is 17.6 Å². The topological polar surface area (TPSA) is 52.3 Å². The van der Waals surface area contributed by atoms with Gasteiger partial charge in [-0.3, -0.25) is 0 Å².